The van der Waals surface area contributed by atoms with E-state index in [4.69, 9.17) is 16.3 Å². The van der Waals surface area contributed by atoms with Crippen LogP contribution in [0.25, 0.3) is 0 Å². The zero-order valence-corrected chi connectivity index (χ0v) is 19.2. The third kappa shape index (κ3) is 4.33. The summed E-state index contributed by atoms with van der Waals surface area (Å²) in [6.45, 7) is 0.277. The molecule has 1 N–H and O–H groups in total. The van der Waals surface area contributed by atoms with Crippen LogP contribution in [0.5, 0.6) is 5.75 Å². The summed E-state index contributed by atoms with van der Waals surface area (Å²) in [5, 5.41) is 11.0. The zero-order valence-electron chi connectivity index (χ0n) is 16.8. The van der Waals surface area contributed by atoms with Gasteiger partial charge in [-0.05, 0) is 43.2 Å². The van der Waals surface area contributed by atoms with Crippen molar-refractivity contribution in [1.29, 1.82) is 0 Å². The molecule has 2 aromatic carbocycles. The predicted molar refractivity (Wildman–Crippen MR) is 118 cm³/mol. The highest BCUT2D eigenvalue weighted by Gasteiger charge is 2.40. The van der Waals surface area contributed by atoms with Crippen molar-refractivity contribution >= 4 is 44.6 Å². The summed E-state index contributed by atoms with van der Waals surface area (Å²) in [6, 6.07) is 9.57. The fourth-order valence-electron chi connectivity index (χ4n) is 3.45. The molecule has 1 aliphatic heterocycles. The van der Waals surface area contributed by atoms with Gasteiger partial charge >= 0.3 is 0 Å². The molecule has 0 bridgehead atoms. The van der Waals surface area contributed by atoms with Crippen LogP contribution in [0.4, 0.5) is 10.1 Å². The van der Waals surface area contributed by atoms with Crippen LogP contribution in [0, 0.1) is 5.82 Å². The largest absolute Gasteiger partial charge is 0.495 e. The Hall–Kier alpha value is -2.60. The van der Waals surface area contributed by atoms with Crippen molar-refractivity contribution in [2.24, 2.45) is 0 Å². The first-order chi connectivity index (χ1) is 15.3. The van der Waals surface area contributed by atoms with E-state index in [1.165, 1.54) is 41.7 Å². The predicted octanol–water partition coefficient (Wildman–Crippen LogP) is 4.12. The van der Waals surface area contributed by atoms with Crippen LogP contribution in [0.15, 0.2) is 47.4 Å². The smallest absolute Gasteiger partial charge is 0.286 e. The number of nitrogens with one attached hydrogen (secondary N) is 1. The van der Waals surface area contributed by atoms with Gasteiger partial charge in [-0.3, -0.25) is 4.79 Å². The van der Waals surface area contributed by atoms with E-state index in [1.54, 1.807) is 12.1 Å². The third-order valence-corrected chi connectivity index (χ3v) is 8.15. The SMILES string of the molecule is COc1ccc(Cl)cc1S(=O)(=O)N1CCC[C@@H]1c1nnc(C(=O)Nc2ccccc2F)s1. The fraction of sp³-hybridized carbons (Fsp3) is 0.250. The number of amides is 1. The van der Waals surface area contributed by atoms with Crippen LogP contribution in [0.2, 0.25) is 5.02 Å². The molecule has 1 amide bonds. The molecular weight excluding hydrogens is 479 g/mol. The molecule has 1 saturated heterocycles. The molecule has 0 unspecified atom stereocenters. The Labute approximate surface area is 193 Å². The van der Waals surface area contributed by atoms with E-state index in [9.17, 15) is 17.6 Å². The van der Waals surface area contributed by atoms with E-state index in [0.29, 0.717) is 17.8 Å². The summed E-state index contributed by atoms with van der Waals surface area (Å²) in [4.78, 5) is 12.4. The summed E-state index contributed by atoms with van der Waals surface area (Å²) in [5.41, 5.74) is 0.0207. The second kappa shape index (κ2) is 9.10. The number of rotatable bonds is 6. The molecule has 1 atom stereocenters. The summed E-state index contributed by atoms with van der Waals surface area (Å²) in [5.74, 6) is -1.01. The first-order valence-electron chi connectivity index (χ1n) is 9.56. The Morgan fingerprint density at radius 3 is 2.81 bits per heavy atom. The minimum Gasteiger partial charge on any atom is -0.495 e. The van der Waals surface area contributed by atoms with Gasteiger partial charge in [0.05, 0.1) is 18.8 Å². The number of para-hydroxylation sites is 1. The molecule has 3 aromatic rings. The van der Waals surface area contributed by atoms with Crippen LogP contribution in [-0.2, 0) is 10.0 Å². The number of benzene rings is 2. The minimum atomic E-state index is -3.95. The van der Waals surface area contributed by atoms with Crippen molar-refractivity contribution in [2.45, 2.75) is 23.8 Å². The number of halogens is 2. The maximum absolute atomic E-state index is 13.8. The molecule has 2 heterocycles. The number of hydrogen-bond acceptors (Lipinski definition) is 7. The Morgan fingerprint density at radius 1 is 1.28 bits per heavy atom. The normalized spacial score (nSPS) is 16.8. The van der Waals surface area contributed by atoms with Gasteiger partial charge in [0.2, 0.25) is 15.0 Å². The lowest BCUT2D eigenvalue weighted by Crippen LogP contribution is -2.31. The number of nitrogens with zero attached hydrogens (tertiary/aromatic N) is 3. The van der Waals surface area contributed by atoms with Crippen molar-refractivity contribution in [2.75, 3.05) is 19.0 Å². The van der Waals surface area contributed by atoms with Crippen LogP contribution in [0.1, 0.15) is 33.7 Å². The maximum Gasteiger partial charge on any atom is 0.286 e. The highest BCUT2D eigenvalue weighted by molar-refractivity contribution is 7.89. The highest BCUT2D eigenvalue weighted by atomic mass is 35.5. The maximum atomic E-state index is 13.8. The third-order valence-electron chi connectivity index (χ3n) is 4.96. The number of anilines is 1. The van der Waals surface area contributed by atoms with Crippen molar-refractivity contribution < 1.29 is 22.3 Å². The summed E-state index contributed by atoms with van der Waals surface area (Å²) >= 11 is 7.00. The second-order valence-corrected chi connectivity index (χ2v) is 10.3. The molecule has 0 saturated carbocycles. The van der Waals surface area contributed by atoms with E-state index < -0.39 is 27.8 Å². The summed E-state index contributed by atoms with van der Waals surface area (Å²) in [6.07, 6.45) is 1.13. The van der Waals surface area contributed by atoms with E-state index in [0.717, 1.165) is 11.3 Å². The lowest BCUT2D eigenvalue weighted by molar-refractivity contribution is 0.102. The Bertz CT molecular complexity index is 1270. The monoisotopic (exact) mass is 496 g/mol. The minimum absolute atomic E-state index is 0.00726. The van der Waals surface area contributed by atoms with E-state index >= 15 is 0 Å². The zero-order chi connectivity index (χ0) is 22.9. The van der Waals surface area contributed by atoms with Crippen LogP contribution < -0.4 is 10.1 Å². The molecule has 168 valence electrons. The summed E-state index contributed by atoms with van der Waals surface area (Å²) in [7, 11) is -2.57. The molecule has 8 nitrogen and oxygen atoms in total. The van der Waals surface area contributed by atoms with Gasteiger partial charge in [0.1, 0.15) is 21.5 Å². The average Bonchev–Trinajstić information content (AvgIpc) is 3.45. The van der Waals surface area contributed by atoms with Crippen LogP contribution in [-0.4, -0.2) is 42.5 Å². The van der Waals surface area contributed by atoms with Crippen molar-refractivity contribution in [3.63, 3.8) is 0 Å². The fourth-order valence-corrected chi connectivity index (χ4v) is 6.49. The Balaban J connectivity index is 1.60. The molecule has 1 fully saturated rings. The number of hydrogen-bond donors (Lipinski definition) is 1. The standard InChI is InChI=1S/C20H18ClFN4O4S2/c1-30-16-9-8-12(21)11-17(16)32(28,29)26-10-4-7-15(26)19-24-25-20(31-19)18(27)23-14-6-3-2-5-13(14)22/h2-3,5-6,8-9,11,15H,4,7,10H2,1H3,(H,23,27)/t15-/m1/s1. The van der Waals surface area contributed by atoms with Crippen LogP contribution >= 0.6 is 22.9 Å². The average molecular weight is 497 g/mol. The molecule has 0 spiro atoms. The lowest BCUT2D eigenvalue weighted by atomic mass is 10.2. The molecule has 0 radical (unpaired) electrons. The Kier molecular flexibility index (Phi) is 6.42. The van der Waals surface area contributed by atoms with Gasteiger partial charge in [-0.15, -0.1) is 10.2 Å². The molecule has 1 aliphatic rings. The van der Waals surface area contributed by atoms with Crippen molar-refractivity contribution in [3.05, 3.63) is 63.3 Å². The van der Waals surface area contributed by atoms with Crippen molar-refractivity contribution in [3.8, 4) is 5.75 Å². The van der Waals surface area contributed by atoms with E-state index in [1.807, 2.05) is 0 Å². The lowest BCUT2D eigenvalue weighted by Gasteiger charge is -2.23. The number of sulfonamides is 1. The first-order valence-corrected chi connectivity index (χ1v) is 12.2. The van der Waals surface area contributed by atoms with Crippen molar-refractivity contribution in [1.82, 2.24) is 14.5 Å². The molecule has 12 heteroatoms. The Morgan fingerprint density at radius 2 is 2.06 bits per heavy atom. The highest BCUT2D eigenvalue weighted by Crippen LogP contribution is 2.40. The molecule has 1 aromatic heterocycles. The number of aromatic nitrogens is 2. The first kappa shape index (κ1) is 22.6. The van der Waals surface area contributed by atoms with Crippen LogP contribution in [0.3, 0.4) is 0 Å². The topological polar surface area (TPSA) is 101 Å². The van der Waals surface area contributed by atoms with Gasteiger partial charge in [-0.1, -0.05) is 35.1 Å². The summed E-state index contributed by atoms with van der Waals surface area (Å²) < 4.78 is 47.1. The number of ether oxygens (including phenoxy) is 1. The molecule has 32 heavy (non-hydrogen) atoms. The molecule has 0 aliphatic carbocycles. The quantitative estimate of drug-likeness (QED) is 0.551. The number of carbonyl (C=O) groups excluding carboxylic acids is 1. The van der Waals surface area contributed by atoms with Gasteiger partial charge in [0, 0.05) is 11.6 Å². The van der Waals surface area contributed by atoms with Gasteiger partial charge in [0.25, 0.3) is 5.91 Å². The van der Waals surface area contributed by atoms with Gasteiger partial charge in [0.15, 0.2) is 0 Å². The van der Waals surface area contributed by atoms with Gasteiger partial charge in [-0.25, -0.2) is 12.8 Å². The second-order valence-electron chi connectivity index (χ2n) is 6.95. The van der Waals surface area contributed by atoms with E-state index in [-0.39, 0.29) is 32.9 Å². The molecule has 4 rings (SSSR count). The van der Waals surface area contributed by atoms with Gasteiger partial charge < -0.3 is 10.1 Å². The number of carbonyl (C=O) groups is 1. The molecular formula is C20H18ClFN4O4S2. The van der Waals surface area contributed by atoms with E-state index in [2.05, 4.69) is 15.5 Å². The number of methoxy groups -OCH3 is 1. The van der Waals surface area contributed by atoms with Gasteiger partial charge in [-0.2, -0.15) is 4.31 Å².